The molecule has 1 fully saturated rings. The van der Waals surface area contributed by atoms with Crippen LogP contribution in [0.5, 0.6) is 0 Å². The minimum atomic E-state index is -0.175. The molecule has 1 aliphatic rings. The van der Waals surface area contributed by atoms with Crippen molar-refractivity contribution >= 4 is 22.5 Å². The summed E-state index contributed by atoms with van der Waals surface area (Å²) in [5.41, 5.74) is 1.70. The van der Waals surface area contributed by atoms with Crippen LogP contribution in [0.15, 0.2) is 30.5 Å². The summed E-state index contributed by atoms with van der Waals surface area (Å²) in [6.45, 7) is 0.770. The molecular formula is C13H14N4O. The summed E-state index contributed by atoms with van der Waals surface area (Å²) in [6, 6.07) is 7.59. The average Bonchev–Trinajstić information content (AvgIpc) is 2.42. The zero-order valence-corrected chi connectivity index (χ0v) is 9.89. The highest BCUT2D eigenvalue weighted by Gasteiger charge is 2.22. The number of carbonyl (C=O) groups excluding carboxylic acids is 1. The van der Waals surface area contributed by atoms with Crippen LogP contribution in [0.1, 0.15) is 12.8 Å². The lowest BCUT2D eigenvalue weighted by Gasteiger charge is -2.23. The van der Waals surface area contributed by atoms with Crippen molar-refractivity contribution in [3.05, 3.63) is 30.5 Å². The topological polar surface area (TPSA) is 66.9 Å². The largest absolute Gasteiger partial charge is 0.372 e. The van der Waals surface area contributed by atoms with E-state index in [1.807, 2.05) is 24.3 Å². The van der Waals surface area contributed by atoms with Crippen LogP contribution in [-0.2, 0) is 4.79 Å². The maximum Gasteiger partial charge on any atom is 0.242 e. The summed E-state index contributed by atoms with van der Waals surface area (Å²) < 4.78 is 0. The van der Waals surface area contributed by atoms with E-state index in [-0.39, 0.29) is 11.9 Å². The number of hydrogen-bond donors (Lipinski definition) is 2. The Kier molecular flexibility index (Phi) is 2.80. The number of carbonyl (C=O) groups is 1. The van der Waals surface area contributed by atoms with E-state index in [9.17, 15) is 4.79 Å². The van der Waals surface area contributed by atoms with E-state index in [2.05, 4.69) is 20.8 Å². The van der Waals surface area contributed by atoms with Gasteiger partial charge in [-0.15, -0.1) is 0 Å². The Labute approximate surface area is 105 Å². The van der Waals surface area contributed by atoms with Crippen molar-refractivity contribution in [2.24, 2.45) is 0 Å². The minimum Gasteiger partial charge on any atom is -0.372 e. The zero-order chi connectivity index (χ0) is 12.4. The van der Waals surface area contributed by atoms with Crippen LogP contribution >= 0.6 is 0 Å². The summed E-state index contributed by atoms with van der Waals surface area (Å²) >= 11 is 0. The number of amides is 1. The predicted molar refractivity (Wildman–Crippen MR) is 69.2 cm³/mol. The summed E-state index contributed by atoms with van der Waals surface area (Å²) in [5, 5.41) is 15.1. The van der Waals surface area contributed by atoms with Crippen LogP contribution in [0, 0.1) is 0 Å². The third-order valence-corrected chi connectivity index (χ3v) is 3.16. The van der Waals surface area contributed by atoms with Crippen molar-refractivity contribution in [1.29, 1.82) is 0 Å². The fraction of sp³-hybridized carbons (Fsp3) is 0.308. The molecule has 2 N–H and O–H groups in total. The lowest BCUT2D eigenvalue weighted by molar-refractivity contribution is -0.123. The van der Waals surface area contributed by atoms with E-state index in [1.165, 1.54) is 0 Å². The SMILES string of the molecule is O=C1NCCCC1Nc1cnnc2ccccc12. The Morgan fingerprint density at radius 1 is 1.33 bits per heavy atom. The second-order valence-corrected chi connectivity index (χ2v) is 4.41. The van der Waals surface area contributed by atoms with Gasteiger partial charge in [-0.05, 0) is 18.9 Å². The molecule has 3 rings (SSSR count). The first-order valence-electron chi connectivity index (χ1n) is 6.09. The molecule has 1 unspecified atom stereocenters. The van der Waals surface area contributed by atoms with Gasteiger partial charge in [0.25, 0.3) is 0 Å². The number of fused-ring (bicyclic) bond motifs is 1. The van der Waals surface area contributed by atoms with Crippen LogP contribution < -0.4 is 10.6 Å². The second-order valence-electron chi connectivity index (χ2n) is 4.41. The van der Waals surface area contributed by atoms with Crippen LogP contribution in [0.2, 0.25) is 0 Å². The Balaban J connectivity index is 1.92. The Hall–Kier alpha value is -2.17. The van der Waals surface area contributed by atoms with E-state index in [0.29, 0.717) is 0 Å². The van der Waals surface area contributed by atoms with Crippen LogP contribution in [0.3, 0.4) is 0 Å². The molecule has 0 radical (unpaired) electrons. The molecule has 0 bridgehead atoms. The summed E-state index contributed by atoms with van der Waals surface area (Å²) in [4.78, 5) is 11.7. The van der Waals surface area contributed by atoms with Gasteiger partial charge in [-0.25, -0.2) is 0 Å². The van der Waals surface area contributed by atoms with Gasteiger partial charge in [-0.1, -0.05) is 18.2 Å². The molecule has 1 aliphatic heterocycles. The molecule has 1 aromatic carbocycles. The van der Waals surface area contributed by atoms with Crippen molar-refractivity contribution < 1.29 is 4.79 Å². The molecule has 0 spiro atoms. The van der Waals surface area contributed by atoms with Gasteiger partial charge in [0.2, 0.25) is 5.91 Å². The number of benzene rings is 1. The van der Waals surface area contributed by atoms with Gasteiger partial charge in [0, 0.05) is 11.9 Å². The van der Waals surface area contributed by atoms with Crippen molar-refractivity contribution in [1.82, 2.24) is 15.5 Å². The number of piperidine rings is 1. The Morgan fingerprint density at radius 3 is 3.11 bits per heavy atom. The third-order valence-electron chi connectivity index (χ3n) is 3.16. The first-order chi connectivity index (χ1) is 8.84. The molecule has 1 amide bonds. The lowest BCUT2D eigenvalue weighted by atomic mass is 10.1. The first-order valence-corrected chi connectivity index (χ1v) is 6.09. The fourth-order valence-electron chi connectivity index (χ4n) is 2.22. The predicted octanol–water partition coefficient (Wildman–Crippen LogP) is 1.32. The number of anilines is 1. The van der Waals surface area contributed by atoms with Crippen molar-refractivity contribution in [2.75, 3.05) is 11.9 Å². The highest BCUT2D eigenvalue weighted by molar-refractivity contribution is 5.93. The van der Waals surface area contributed by atoms with Crippen LogP contribution in [0.4, 0.5) is 5.69 Å². The van der Waals surface area contributed by atoms with Gasteiger partial charge < -0.3 is 10.6 Å². The summed E-state index contributed by atoms with van der Waals surface area (Å²) in [5.74, 6) is 0.0575. The first kappa shape index (κ1) is 11.0. The highest BCUT2D eigenvalue weighted by Crippen LogP contribution is 2.21. The maximum absolute atomic E-state index is 11.7. The number of nitrogens with zero attached hydrogens (tertiary/aromatic N) is 2. The molecule has 18 heavy (non-hydrogen) atoms. The average molecular weight is 242 g/mol. The highest BCUT2D eigenvalue weighted by atomic mass is 16.2. The molecule has 5 heteroatoms. The molecule has 1 atom stereocenters. The third kappa shape index (κ3) is 1.99. The van der Waals surface area contributed by atoms with E-state index < -0.39 is 0 Å². The number of rotatable bonds is 2. The quantitative estimate of drug-likeness (QED) is 0.833. The van der Waals surface area contributed by atoms with Gasteiger partial charge >= 0.3 is 0 Å². The Bertz CT molecular complexity index is 579. The number of aromatic nitrogens is 2. The normalized spacial score (nSPS) is 19.6. The molecule has 0 saturated carbocycles. The van der Waals surface area contributed by atoms with Gasteiger partial charge in [0.05, 0.1) is 17.4 Å². The molecule has 2 aromatic rings. The van der Waals surface area contributed by atoms with E-state index in [0.717, 1.165) is 36.0 Å². The smallest absolute Gasteiger partial charge is 0.242 e. The number of nitrogens with one attached hydrogen (secondary N) is 2. The van der Waals surface area contributed by atoms with E-state index in [1.54, 1.807) is 6.20 Å². The van der Waals surface area contributed by atoms with E-state index in [4.69, 9.17) is 0 Å². The standard InChI is InChI=1S/C13H14N4O/c18-13-11(6-3-7-14-13)16-12-8-15-17-10-5-2-1-4-9(10)12/h1-2,4-5,8,11H,3,6-7H2,(H,14,18)(H,16,17). The van der Waals surface area contributed by atoms with Crippen LogP contribution in [0.25, 0.3) is 10.9 Å². The van der Waals surface area contributed by atoms with Gasteiger partial charge in [0.1, 0.15) is 6.04 Å². The molecule has 1 aromatic heterocycles. The molecule has 5 nitrogen and oxygen atoms in total. The lowest BCUT2D eigenvalue weighted by Crippen LogP contribution is -2.44. The maximum atomic E-state index is 11.7. The summed E-state index contributed by atoms with van der Waals surface area (Å²) in [7, 11) is 0. The van der Waals surface area contributed by atoms with Gasteiger partial charge in [-0.2, -0.15) is 10.2 Å². The molecule has 0 aliphatic carbocycles. The minimum absolute atomic E-state index is 0.0575. The molecular weight excluding hydrogens is 228 g/mol. The monoisotopic (exact) mass is 242 g/mol. The molecule has 2 heterocycles. The van der Waals surface area contributed by atoms with Crippen molar-refractivity contribution in [3.8, 4) is 0 Å². The van der Waals surface area contributed by atoms with Gasteiger partial charge in [0.15, 0.2) is 0 Å². The fourth-order valence-corrected chi connectivity index (χ4v) is 2.22. The second kappa shape index (κ2) is 4.60. The van der Waals surface area contributed by atoms with Crippen molar-refractivity contribution in [3.63, 3.8) is 0 Å². The molecule has 1 saturated heterocycles. The molecule has 92 valence electrons. The Morgan fingerprint density at radius 2 is 2.22 bits per heavy atom. The van der Waals surface area contributed by atoms with E-state index >= 15 is 0 Å². The van der Waals surface area contributed by atoms with Gasteiger partial charge in [-0.3, -0.25) is 4.79 Å². The van der Waals surface area contributed by atoms with Crippen LogP contribution in [-0.4, -0.2) is 28.7 Å². The summed E-state index contributed by atoms with van der Waals surface area (Å²) in [6.07, 6.45) is 3.52. The zero-order valence-electron chi connectivity index (χ0n) is 9.89. The number of hydrogen-bond acceptors (Lipinski definition) is 4. The van der Waals surface area contributed by atoms with Crippen molar-refractivity contribution in [2.45, 2.75) is 18.9 Å².